The Hall–Kier alpha value is -1.75. The number of hydrogen-bond acceptors (Lipinski definition) is 5. The molecule has 0 radical (unpaired) electrons. The number of hydrogen-bond donors (Lipinski definition) is 1. The summed E-state index contributed by atoms with van der Waals surface area (Å²) < 4.78 is 14.6. The van der Waals surface area contributed by atoms with Crippen LogP contribution in [0.3, 0.4) is 0 Å². The molecule has 0 bridgehead atoms. The summed E-state index contributed by atoms with van der Waals surface area (Å²) in [7, 11) is 2.84. The first-order valence-electron chi connectivity index (χ1n) is 6.71. The minimum atomic E-state index is -0.521. The number of methoxy groups -OCH3 is 2. The van der Waals surface area contributed by atoms with Crippen molar-refractivity contribution >= 4 is 5.97 Å². The first-order chi connectivity index (χ1) is 9.67. The molecule has 0 aliphatic rings. The molecule has 0 aromatic heterocycles. The molecule has 0 saturated heterocycles. The van der Waals surface area contributed by atoms with Crippen molar-refractivity contribution in [2.75, 3.05) is 27.4 Å². The number of phenols is 1. The van der Waals surface area contributed by atoms with Crippen LogP contribution in [0.1, 0.15) is 38.1 Å². The molecule has 0 aliphatic heterocycles. The van der Waals surface area contributed by atoms with Crippen LogP contribution in [0.15, 0.2) is 18.2 Å². The van der Waals surface area contributed by atoms with E-state index in [0.29, 0.717) is 19.0 Å². The Kier molecular flexibility index (Phi) is 14.1. The summed E-state index contributed by atoms with van der Waals surface area (Å²) in [6.07, 6.45) is 0. The van der Waals surface area contributed by atoms with Crippen LogP contribution in [0.25, 0.3) is 0 Å². The van der Waals surface area contributed by atoms with Gasteiger partial charge in [-0.15, -0.1) is 0 Å². The maximum atomic E-state index is 11.2. The molecule has 0 atom stereocenters. The highest BCUT2D eigenvalue weighted by molar-refractivity contribution is 5.90. The molecular weight excluding hydrogens is 260 g/mol. The molecule has 0 spiro atoms. The Labute approximate surface area is 121 Å². The Morgan fingerprint density at radius 1 is 1.05 bits per heavy atom. The summed E-state index contributed by atoms with van der Waals surface area (Å²) in [6.45, 7) is 8.78. The zero-order chi connectivity index (χ0) is 16.0. The Bertz CT molecular complexity index is 363. The van der Waals surface area contributed by atoms with Gasteiger partial charge < -0.3 is 19.3 Å². The number of esters is 1. The lowest BCUT2D eigenvalue weighted by Gasteiger charge is -2.07. The molecule has 20 heavy (non-hydrogen) atoms. The highest BCUT2D eigenvalue weighted by atomic mass is 16.5. The van der Waals surface area contributed by atoms with Gasteiger partial charge in [-0.1, -0.05) is 27.7 Å². The van der Waals surface area contributed by atoms with E-state index in [1.807, 2.05) is 27.7 Å². The van der Waals surface area contributed by atoms with E-state index in [0.717, 1.165) is 0 Å². The van der Waals surface area contributed by atoms with E-state index < -0.39 is 5.97 Å². The van der Waals surface area contributed by atoms with Crippen LogP contribution in [0, 0.1) is 0 Å². The third-order valence-corrected chi connectivity index (χ3v) is 1.87. The van der Waals surface area contributed by atoms with E-state index in [1.165, 1.54) is 25.3 Å². The minimum Gasteiger partial charge on any atom is -0.508 e. The summed E-state index contributed by atoms with van der Waals surface area (Å²) >= 11 is 0. The van der Waals surface area contributed by atoms with Crippen molar-refractivity contribution < 1.29 is 24.1 Å². The lowest BCUT2D eigenvalue weighted by Crippen LogP contribution is -2.06. The molecule has 5 nitrogen and oxygen atoms in total. The van der Waals surface area contributed by atoms with Gasteiger partial charge in [-0.2, -0.15) is 0 Å². The molecule has 0 saturated carbocycles. The predicted molar refractivity (Wildman–Crippen MR) is 79.5 cm³/mol. The van der Waals surface area contributed by atoms with Crippen molar-refractivity contribution in [3.8, 4) is 11.5 Å². The number of aromatic hydroxyl groups is 1. The Morgan fingerprint density at radius 3 is 2.15 bits per heavy atom. The fraction of sp³-hybridized carbons (Fsp3) is 0.533. The zero-order valence-electron chi connectivity index (χ0n) is 13.2. The topological polar surface area (TPSA) is 65.0 Å². The number of carbonyl (C=O) groups is 1. The smallest absolute Gasteiger partial charge is 0.338 e. The summed E-state index contributed by atoms with van der Waals surface area (Å²) in [6, 6.07) is 4.23. The van der Waals surface area contributed by atoms with Crippen LogP contribution in [0.2, 0.25) is 0 Å². The molecule has 0 fully saturated rings. The van der Waals surface area contributed by atoms with Crippen molar-refractivity contribution in [2.45, 2.75) is 27.7 Å². The zero-order valence-corrected chi connectivity index (χ0v) is 13.2. The highest BCUT2D eigenvalue weighted by Crippen LogP contribution is 2.22. The molecule has 1 rings (SSSR count). The second-order valence-electron chi connectivity index (χ2n) is 3.05. The average Bonchev–Trinajstić information content (AvgIpc) is 2.50. The molecule has 0 heterocycles. The Balaban J connectivity index is 0. The monoisotopic (exact) mass is 286 g/mol. The first kappa shape index (κ1) is 20.6. The summed E-state index contributed by atoms with van der Waals surface area (Å²) in [5.74, 6) is -0.166. The van der Waals surface area contributed by atoms with Gasteiger partial charge >= 0.3 is 5.97 Å². The number of carbonyl (C=O) groups excluding carboxylic acids is 1. The van der Waals surface area contributed by atoms with Gasteiger partial charge in [0.15, 0.2) is 0 Å². The first-order valence-corrected chi connectivity index (χ1v) is 6.71. The van der Waals surface area contributed by atoms with Gasteiger partial charge in [0.25, 0.3) is 0 Å². The van der Waals surface area contributed by atoms with Crippen molar-refractivity contribution in [3.05, 3.63) is 23.8 Å². The molecule has 1 aromatic carbocycles. The third kappa shape index (κ3) is 8.37. The molecule has 116 valence electrons. The van der Waals surface area contributed by atoms with Crippen LogP contribution in [-0.4, -0.2) is 38.5 Å². The number of phenolic OH excluding ortho intramolecular Hbond substituents is 1. The molecule has 0 aliphatic carbocycles. The van der Waals surface area contributed by atoms with Crippen LogP contribution in [-0.2, 0) is 9.47 Å². The van der Waals surface area contributed by atoms with Crippen molar-refractivity contribution in [1.29, 1.82) is 0 Å². The summed E-state index contributed by atoms with van der Waals surface area (Å²) in [5, 5.41) is 9.38. The van der Waals surface area contributed by atoms with Crippen molar-refractivity contribution in [1.82, 2.24) is 0 Å². The van der Waals surface area contributed by atoms with E-state index in [4.69, 9.17) is 9.47 Å². The number of rotatable bonds is 5. The minimum absolute atomic E-state index is 0.0460. The van der Waals surface area contributed by atoms with Gasteiger partial charge in [0.1, 0.15) is 18.1 Å². The highest BCUT2D eigenvalue weighted by Gasteiger charge is 2.09. The van der Waals surface area contributed by atoms with E-state index in [-0.39, 0.29) is 11.3 Å². The average molecular weight is 286 g/mol. The van der Waals surface area contributed by atoms with Gasteiger partial charge in [-0.3, -0.25) is 0 Å². The van der Waals surface area contributed by atoms with Gasteiger partial charge in [0.05, 0.1) is 19.3 Å². The molecule has 0 unspecified atom stereocenters. The van der Waals surface area contributed by atoms with Crippen LogP contribution < -0.4 is 4.74 Å². The quantitative estimate of drug-likeness (QED) is 0.665. The van der Waals surface area contributed by atoms with Crippen LogP contribution >= 0.6 is 0 Å². The summed E-state index contributed by atoms with van der Waals surface area (Å²) in [5.41, 5.74) is 0.245. The van der Waals surface area contributed by atoms with Crippen LogP contribution in [0.4, 0.5) is 0 Å². The molecule has 1 N–H and O–H groups in total. The van der Waals surface area contributed by atoms with E-state index in [9.17, 15) is 9.90 Å². The second-order valence-corrected chi connectivity index (χ2v) is 3.05. The van der Waals surface area contributed by atoms with Crippen molar-refractivity contribution in [3.63, 3.8) is 0 Å². The SMILES string of the molecule is CC.CC.COCCOc1cc(O)cc(C(=O)OC)c1. The maximum Gasteiger partial charge on any atom is 0.338 e. The lowest BCUT2D eigenvalue weighted by atomic mass is 10.2. The van der Waals surface area contributed by atoms with Gasteiger partial charge in [0.2, 0.25) is 0 Å². The largest absolute Gasteiger partial charge is 0.508 e. The van der Waals surface area contributed by atoms with Crippen molar-refractivity contribution in [2.24, 2.45) is 0 Å². The van der Waals surface area contributed by atoms with Gasteiger partial charge in [0, 0.05) is 13.2 Å². The molecular formula is C15H26O5. The van der Waals surface area contributed by atoms with Crippen LogP contribution in [0.5, 0.6) is 11.5 Å². The standard InChI is InChI=1S/C11H14O5.2C2H6/c1-14-3-4-16-10-6-8(11(13)15-2)5-9(12)7-10;2*1-2/h5-7,12H,3-4H2,1-2H3;2*1-2H3. The van der Waals surface area contributed by atoms with E-state index in [1.54, 1.807) is 7.11 Å². The molecule has 0 amide bonds. The fourth-order valence-electron chi connectivity index (χ4n) is 1.15. The van der Waals surface area contributed by atoms with Gasteiger partial charge in [-0.05, 0) is 12.1 Å². The fourth-order valence-corrected chi connectivity index (χ4v) is 1.15. The van der Waals surface area contributed by atoms with E-state index in [2.05, 4.69) is 4.74 Å². The van der Waals surface area contributed by atoms with E-state index >= 15 is 0 Å². The lowest BCUT2D eigenvalue weighted by molar-refractivity contribution is 0.0599. The second kappa shape index (κ2) is 13.7. The normalized spacial score (nSPS) is 8.50. The molecule has 5 heteroatoms. The third-order valence-electron chi connectivity index (χ3n) is 1.87. The number of ether oxygens (including phenoxy) is 3. The summed E-state index contributed by atoms with van der Waals surface area (Å²) in [4.78, 5) is 11.2. The molecule has 1 aromatic rings. The van der Waals surface area contributed by atoms with Gasteiger partial charge in [-0.25, -0.2) is 4.79 Å². The number of benzene rings is 1. The maximum absolute atomic E-state index is 11.2. The predicted octanol–water partition coefficient (Wildman–Crippen LogP) is 3.26. The Morgan fingerprint density at radius 2 is 1.65 bits per heavy atom.